The van der Waals surface area contributed by atoms with Crippen LogP contribution in [0.3, 0.4) is 0 Å². The van der Waals surface area contributed by atoms with E-state index in [4.69, 9.17) is 9.47 Å². The van der Waals surface area contributed by atoms with E-state index in [1.54, 1.807) is 20.3 Å². The molecule has 1 aromatic rings. The lowest BCUT2D eigenvalue weighted by Gasteiger charge is -2.13. The first kappa shape index (κ1) is 18.1. The average Bonchev–Trinajstić information content (AvgIpc) is 2.91. The fraction of sp³-hybridized carbons (Fsp3) is 0.438. The molecule has 3 amide bonds. The predicted octanol–water partition coefficient (Wildman–Crippen LogP) is 1.45. The molecule has 0 aromatic heterocycles. The van der Waals surface area contributed by atoms with Crippen LogP contribution >= 0.6 is 11.8 Å². The molecular weight excluding hydrogens is 332 g/mol. The molecule has 1 fully saturated rings. The Morgan fingerprint density at radius 1 is 1.25 bits per heavy atom. The first-order chi connectivity index (χ1) is 11.5. The van der Waals surface area contributed by atoms with E-state index < -0.39 is 0 Å². The van der Waals surface area contributed by atoms with Gasteiger partial charge in [0.05, 0.1) is 20.0 Å². The summed E-state index contributed by atoms with van der Waals surface area (Å²) in [6, 6.07) is 5.52. The zero-order valence-electron chi connectivity index (χ0n) is 13.7. The number of amides is 3. The van der Waals surface area contributed by atoms with E-state index in [9.17, 15) is 14.4 Å². The second-order valence-electron chi connectivity index (χ2n) is 5.14. The largest absolute Gasteiger partial charge is 0.493 e. The molecule has 130 valence electrons. The molecule has 0 bridgehead atoms. The number of rotatable bonds is 8. The van der Waals surface area contributed by atoms with E-state index in [2.05, 4.69) is 5.32 Å². The molecule has 0 aliphatic carbocycles. The maximum atomic E-state index is 11.9. The maximum Gasteiger partial charge on any atom is 0.288 e. The Morgan fingerprint density at radius 2 is 2.00 bits per heavy atom. The first-order valence-electron chi connectivity index (χ1n) is 7.50. The summed E-state index contributed by atoms with van der Waals surface area (Å²) in [7, 11) is 3.13. The van der Waals surface area contributed by atoms with Crippen molar-refractivity contribution in [1.29, 1.82) is 0 Å². The summed E-state index contributed by atoms with van der Waals surface area (Å²) in [6.07, 6.45) is 0.871. The van der Waals surface area contributed by atoms with Crippen molar-refractivity contribution in [1.82, 2.24) is 10.2 Å². The summed E-state index contributed by atoms with van der Waals surface area (Å²) in [5.41, 5.74) is 0.962. The second kappa shape index (κ2) is 8.58. The van der Waals surface area contributed by atoms with Gasteiger partial charge in [-0.3, -0.25) is 19.3 Å². The molecule has 0 radical (unpaired) electrons. The molecule has 1 saturated heterocycles. The Balaban J connectivity index is 1.75. The van der Waals surface area contributed by atoms with Gasteiger partial charge in [-0.1, -0.05) is 17.8 Å². The van der Waals surface area contributed by atoms with Crippen LogP contribution in [0.15, 0.2) is 18.2 Å². The van der Waals surface area contributed by atoms with Crippen LogP contribution in [0.25, 0.3) is 0 Å². The Hall–Kier alpha value is -2.22. The van der Waals surface area contributed by atoms with Crippen molar-refractivity contribution in [3.05, 3.63) is 23.8 Å². The van der Waals surface area contributed by atoms with Crippen LogP contribution in [0.5, 0.6) is 11.5 Å². The van der Waals surface area contributed by atoms with E-state index in [1.165, 1.54) is 4.90 Å². The number of nitrogens with one attached hydrogen (secondary N) is 1. The highest BCUT2D eigenvalue weighted by Crippen LogP contribution is 2.27. The Morgan fingerprint density at radius 3 is 2.62 bits per heavy atom. The Bertz CT molecular complexity index is 619. The number of methoxy groups -OCH3 is 2. The molecule has 1 aliphatic heterocycles. The number of nitrogens with zero attached hydrogens (tertiary/aromatic N) is 1. The first-order valence-corrected chi connectivity index (χ1v) is 8.48. The van der Waals surface area contributed by atoms with Gasteiger partial charge in [-0.25, -0.2) is 0 Å². The normalized spacial score (nSPS) is 14.0. The molecule has 0 saturated carbocycles. The molecule has 24 heavy (non-hydrogen) atoms. The molecule has 1 heterocycles. The molecule has 0 atom stereocenters. The third-order valence-corrected chi connectivity index (χ3v) is 4.45. The SMILES string of the molecule is COc1ccc(CCC(=O)NCCN2C(=O)CSC2=O)cc1OC. The molecule has 2 rings (SSSR count). The van der Waals surface area contributed by atoms with Crippen LogP contribution in [-0.2, 0) is 16.0 Å². The van der Waals surface area contributed by atoms with E-state index in [0.717, 1.165) is 17.3 Å². The van der Waals surface area contributed by atoms with Gasteiger partial charge in [-0.05, 0) is 24.1 Å². The summed E-state index contributed by atoms with van der Waals surface area (Å²) in [4.78, 5) is 35.9. The highest BCUT2D eigenvalue weighted by atomic mass is 32.2. The summed E-state index contributed by atoms with van der Waals surface area (Å²) in [6.45, 7) is 0.482. The van der Waals surface area contributed by atoms with Gasteiger partial charge in [0.1, 0.15) is 0 Å². The molecule has 7 nitrogen and oxygen atoms in total. The Kier molecular flexibility index (Phi) is 6.48. The number of hydrogen-bond donors (Lipinski definition) is 1. The van der Waals surface area contributed by atoms with Gasteiger partial charge in [0.25, 0.3) is 5.24 Å². The number of aryl methyl sites for hydroxylation is 1. The zero-order chi connectivity index (χ0) is 17.5. The van der Waals surface area contributed by atoms with Crippen LogP contribution in [-0.4, -0.2) is 55.0 Å². The fourth-order valence-electron chi connectivity index (χ4n) is 2.29. The van der Waals surface area contributed by atoms with Crippen molar-refractivity contribution in [2.45, 2.75) is 12.8 Å². The number of hydrogen-bond acceptors (Lipinski definition) is 6. The van der Waals surface area contributed by atoms with E-state index in [-0.39, 0.29) is 35.9 Å². The minimum Gasteiger partial charge on any atom is -0.493 e. The number of benzene rings is 1. The lowest BCUT2D eigenvalue weighted by Crippen LogP contribution is -2.37. The summed E-state index contributed by atoms with van der Waals surface area (Å²) >= 11 is 0.989. The highest BCUT2D eigenvalue weighted by molar-refractivity contribution is 8.14. The van der Waals surface area contributed by atoms with Crippen LogP contribution in [0.2, 0.25) is 0 Å². The maximum absolute atomic E-state index is 11.9. The quantitative estimate of drug-likeness (QED) is 0.762. The van der Waals surface area contributed by atoms with Gasteiger partial charge < -0.3 is 14.8 Å². The molecule has 1 aliphatic rings. The van der Waals surface area contributed by atoms with Gasteiger partial charge in [-0.15, -0.1) is 0 Å². The fourth-order valence-corrected chi connectivity index (χ4v) is 3.04. The summed E-state index contributed by atoms with van der Waals surface area (Å²) in [5.74, 6) is 1.12. The van der Waals surface area contributed by atoms with E-state index in [0.29, 0.717) is 24.3 Å². The zero-order valence-corrected chi connectivity index (χ0v) is 14.5. The standard InChI is InChI=1S/C16H20N2O5S/c1-22-12-5-3-11(9-13(12)23-2)4-6-14(19)17-7-8-18-15(20)10-24-16(18)21/h3,5,9H,4,6-8,10H2,1-2H3,(H,17,19). The second-order valence-corrected chi connectivity index (χ2v) is 6.07. The van der Waals surface area contributed by atoms with Gasteiger partial charge in [0, 0.05) is 19.5 Å². The van der Waals surface area contributed by atoms with Gasteiger partial charge >= 0.3 is 0 Å². The average molecular weight is 352 g/mol. The van der Waals surface area contributed by atoms with Crippen LogP contribution in [0.4, 0.5) is 4.79 Å². The van der Waals surface area contributed by atoms with Gasteiger partial charge in [0.15, 0.2) is 11.5 Å². The summed E-state index contributed by atoms with van der Waals surface area (Å²) in [5, 5.41) is 2.47. The lowest BCUT2D eigenvalue weighted by atomic mass is 10.1. The Labute approximate surface area is 144 Å². The lowest BCUT2D eigenvalue weighted by molar-refractivity contribution is -0.125. The molecule has 0 spiro atoms. The molecule has 1 aromatic carbocycles. The van der Waals surface area contributed by atoms with Crippen molar-refractivity contribution in [2.75, 3.05) is 33.1 Å². The third kappa shape index (κ3) is 4.64. The predicted molar refractivity (Wildman–Crippen MR) is 90.4 cm³/mol. The van der Waals surface area contributed by atoms with Crippen LogP contribution in [0.1, 0.15) is 12.0 Å². The number of ether oxygens (including phenoxy) is 2. The van der Waals surface area contributed by atoms with E-state index in [1.807, 2.05) is 12.1 Å². The van der Waals surface area contributed by atoms with Crippen molar-refractivity contribution >= 4 is 28.8 Å². The van der Waals surface area contributed by atoms with Crippen molar-refractivity contribution in [3.63, 3.8) is 0 Å². The molecule has 8 heteroatoms. The number of carbonyl (C=O) groups is 3. The number of thioether (sulfide) groups is 1. The summed E-state index contributed by atoms with van der Waals surface area (Å²) < 4.78 is 10.4. The van der Waals surface area contributed by atoms with Gasteiger partial charge in [-0.2, -0.15) is 0 Å². The number of imide groups is 1. The van der Waals surface area contributed by atoms with Crippen LogP contribution in [0, 0.1) is 0 Å². The van der Waals surface area contributed by atoms with Crippen molar-refractivity contribution < 1.29 is 23.9 Å². The number of carbonyl (C=O) groups excluding carboxylic acids is 3. The van der Waals surface area contributed by atoms with Crippen molar-refractivity contribution in [3.8, 4) is 11.5 Å². The molecule has 1 N–H and O–H groups in total. The van der Waals surface area contributed by atoms with E-state index >= 15 is 0 Å². The molecular formula is C16H20N2O5S. The highest BCUT2D eigenvalue weighted by Gasteiger charge is 2.29. The minimum absolute atomic E-state index is 0.128. The molecule has 0 unspecified atom stereocenters. The minimum atomic E-state index is -0.250. The smallest absolute Gasteiger partial charge is 0.288 e. The third-order valence-electron chi connectivity index (χ3n) is 3.59. The van der Waals surface area contributed by atoms with Crippen LogP contribution < -0.4 is 14.8 Å². The van der Waals surface area contributed by atoms with Gasteiger partial charge in [0.2, 0.25) is 11.8 Å². The topological polar surface area (TPSA) is 84.9 Å². The monoisotopic (exact) mass is 352 g/mol. The van der Waals surface area contributed by atoms with Crippen molar-refractivity contribution in [2.24, 2.45) is 0 Å².